The van der Waals surface area contributed by atoms with Gasteiger partial charge in [-0.3, -0.25) is 4.79 Å². The van der Waals surface area contributed by atoms with E-state index < -0.39 is 6.67 Å². The van der Waals surface area contributed by atoms with Gasteiger partial charge >= 0.3 is 5.97 Å². The summed E-state index contributed by atoms with van der Waals surface area (Å²) in [4.78, 5) is 11.0. The molecule has 6 nitrogen and oxygen atoms in total. The molecule has 0 spiro atoms. The highest BCUT2D eigenvalue weighted by Gasteiger charge is 1.99. The predicted octanol–water partition coefficient (Wildman–Crippen LogP) is 1.37. The number of carbonyl (C=O) groups is 1. The molecule has 0 aromatic rings. The van der Waals surface area contributed by atoms with Crippen molar-refractivity contribution in [1.29, 1.82) is 0 Å². The van der Waals surface area contributed by atoms with Crippen molar-refractivity contribution < 1.29 is 32.9 Å². The Morgan fingerprint density at radius 1 is 0.762 bits per heavy atom. The minimum absolute atomic E-state index is 0.116. The molecular formula is C14H27FO6. The number of halogens is 1. The average molecular weight is 310 g/mol. The van der Waals surface area contributed by atoms with Crippen LogP contribution in [0.1, 0.15) is 19.8 Å². The van der Waals surface area contributed by atoms with Crippen molar-refractivity contribution in [3.63, 3.8) is 0 Å². The summed E-state index contributed by atoms with van der Waals surface area (Å²) in [6.45, 7) is 4.90. The molecule has 0 radical (unpaired) electrons. The molecule has 0 atom stereocenters. The van der Waals surface area contributed by atoms with Crippen LogP contribution in [-0.2, 0) is 28.5 Å². The molecule has 0 aliphatic heterocycles. The second-order valence-electron chi connectivity index (χ2n) is 4.11. The highest BCUT2D eigenvalue weighted by molar-refractivity contribution is 5.69. The standard InChI is InChI=1S/C14H27FO6/c1-2-3-14(16)21-13-12-20-11-10-19-9-8-18-7-6-17-5-4-15/h2-13H2,1H3. The number of ether oxygens (including phenoxy) is 5. The molecule has 126 valence electrons. The summed E-state index contributed by atoms with van der Waals surface area (Å²) in [6, 6.07) is 0. The van der Waals surface area contributed by atoms with E-state index in [2.05, 4.69) is 0 Å². The van der Waals surface area contributed by atoms with E-state index in [0.29, 0.717) is 52.7 Å². The van der Waals surface area contributed by atoms with E-state index in [9.17, 15) is 9.18 Å². The molecule has 0 aromatic carbocycles. The molecule has 0 rings (SSSR count). The topological polar surface area (TPSA) is 63.2 Å². The minimum atomic E-state index is -0.471. The Morgan fingerprint density at radius 2 is 1.19 bits per heavy atom. The Balaban J connectivity index is 3.01. The smallest absolute Gasteiger partial charge is 0.305 e. The first-order valence-corrected chi connectivity index (χ1v) is 7.33. The maximum Gasteiger partial charge on any atom is 0.305 e. The molecule has 0 saturated heterocycles. The summed E-state index contributed by atoms with van der Waals surface area (Å²) in [5.74, 6) is -0.190. The van der Waals surface area contributed by atoms with Crippen molar-refractivity contribution in [1.82, 2.24) is 0 Å². The molecule has 0 unspecified atom stereocenters. The molecular weight excluding hydrogens is 283 g/mol. The number of hydrogen-bond acceptors (Lipinski definition) is 6. The third-order valence-corrected chi connectivity index (χ3v) is 2.28. The van der Waals surface area contributed by atoms with E-state index in [1.807, 2.05) is 6.92 Å². The molecule has 0 saturated carbocycles. The number of rotatable bonds is 16. The van der Waals surface area contributed by atoms with E-state index >= 15 is 0 Å². The van der Waals surface area contributed by atoms with E-state index in [1.54, 1.807) is 0 Å². The second kappa shape index (κ2) is 17.3. The monoisotopic (exact) mass is 310 g/mol. The van der Waals surface area contributed by atoms with Crippen LogP contribution in [0, 0.1) is 0 Å². The van der Waals surface area contributed by atoms with Gasteiger partial charge in [-0.25, -0.2) is 4.39 Å². The Morgan fingerprint density at radius 3 is 1.62 bits per heavy atom. The third-order valence-electron chi connectivity index (χ3n) is 2.28. The first kappa shape index (κ1) is 20.2. The zero-order valence-corrected chi connectivity index (χ0v) is 12.8. The van der Waals surface area contributed by atoms with Gasteiger partial charge in [0, 0.05) is 6.42 Å². The second-order valence-corrected chi connectivity index (χ2v) is 4.11. The van der Waals surface area contributed by atoms with Crippen LogP contribution >= 0.6 is 0 Å². The van der Waals surface area contributed by atoms with Crippen molar-refractivity contribution in [3.8, 4) is 0 Å². The zero-order chi connectivity index (χ0) is 15.6. The van der Waals surface area contributed by atoms with Gasteiger partial charge in [-0.1, -0.05) is 6.92 Å². The largest absolute Gasteiger partial charge is 0.463 e. The fraction of sp³-hybridized carbons (Fsp3) is 0.929. The van der Waals surface area contributed by atoms with Crippen LogP contribution in [-0.4, -0.2) is 72.1 Å². The van der Waals surface area contributed by atoms with Crippen LogP contribution in [0.5, 0.6) is 0 Å². The number of esters is 1. The summed E-state index contributed by atoms with van der Waals surface area (Å²) in [7, 11) is 0. The van der Waals surface area contributed by atoms with Crippen molar-refractivity contribution in [3.05, 3.63) is 0 Å². The fourth-order valence-electron chi connectivity index (χ4n) is 1.31. The predicted molar refractivity (Wildman–Crippen MR) is 75.1 cm³/mol. The van der Waals surface area contributed by atoms with Gasteiger partial charge in [0.25, 0.3) is 0 Å². The molecule has 0 aliphatic rings. The molecule has 21 heavy (non-hydrogen) atoms. The van der Waals surface area contributed by atoms with Crippen LogP contribution in [0.2, 0.25) is 0 Å². The van der Waals surface area contributed by atoms with E-state index in [1.165, 1.54) is 0 Å². The quantitative estimate of drug-likeness (QED) is 0.317. The Labute approximate surface area is 125 Å². The van der Waals surface area contributed by atoms with Crippen molar-refractivity contribution in [2.24, 2.45) is 0 Å². The molecule has 0 fully saturated rings. The van der Waals surface area contributed by atoms with Gasteiger partial charge < -0.3 is 23.7 Å². The van der Waals surface area contributed by atoms with Gasteiger partial charge in [-0.2, -0.15) is 0 Å². The Hall–Kier alpha value is -0.760. The fourth-order valence-corrected chi connectivity index (χ4v) is 1.31. The normalized spacial score (nSPS) is 10.8. The Kier molecular flexibility index (Phi) is 16.7. The molecule has 0 aliphatic carbocycles. The summed E-state index contributed by atoms with van der Waals surface area (Å²) in [5, 5.41) is 0. The maximum absolute atomic E-state index is 11.7. The van der Waals surface area contributed by atoms with Gasteiger partial charge in [-0.15, -0.1) is 0 Å². The molecule has 0 heterocycles. The molecule has 0 amide bonds. The third kappa shape index (κ3) is 17.2. The first-order chi connectivity index (χ1) is 10.3. The average Bonchev–Trinajstić information content (AvgIpc) is 2.48. The summed E-state index contributed by atoms with van der Waals surface area (Å²) < 4.78 is 37.2. The van der Waals surface area contributed by atoms with Gasteiger partial charge in [0.1, 0.15) is 13.3 Å². The number of carbonyl (C=O) groups excluding carboxylic acids is 1. The lowest BCUT2D eigenvalue weighted by Gasteiger charge is -2.07. The van der Waals surface area contributed by atoms with Crippen LogP contribution in [0.4, 0.5) is 4.39 Å². The van der Waals surface area contributed by atoms with Crippen molar-refractivity contribution in [2.45, 2.75) is 19.8 Å². The highest BCUT2D eigenvalue weighted by Crippen LogP contribution is 1.91. The molecule has 7 heteroatoms. The number of hydrogen-bond donors (Lipinski definition) is 0. The molecule has 0 bridgehead atoms. The lowest BCUT2D eigenvalue weighted by Crippen LogP contribution is -2.14. The van der Waals surface area contributed by atoms with Gasteiger partial charge in [0.05, 0.1) is 52.9 Å². The van der Waals surface area contributed by atoms with Crippen LogP contribution in [0.3, 0.4) is 0 Å². The van der Waals surface area contributed by atoms with E-state index in [-0.39, 0.29) is 19.2 Å². The number of alkyl halides is 1. The summed E-state index contributed by atoms with van der Waals surface area (Å²) in [5.41, 5.74) is 0. The SMILES string of the molecule is CCCC(=O)OCCOCCOCCOCCOCCF. The van der Waals surface area contributed by atoms with Crippen LogP contribution in [0.25, 0.3) is 0 Å². The Bertz CT molecular complexity index is 228. The van der Waals surface area contributed by atoms with Crippen molar-refractivity contribution in [2.75, 3.05) is 66.1 Å². The minimum Gasteiger partial charge on any atom is -0.463 e. The summed E-state index contributed by atoms with van der Waals surface area (Å²) in [6.07, 6.45) is 1.24. The molecule has 0 N–H and O–H groups in total. The maximum atomic E-state index is 11.7. The molecule has 0 aromatic heterocycles. The van der Waals surface area contributed by atoms with E-state index in [4.69, 9.17) is 23.7 Å². The van der Waals surface area contributed by atoms with Crippen LogP contribution in [0.15, 0.2) is 0 Å². The van der Waals surface area contributed by atoms with Gasteiger partial charge in [0.15, 0.2) is 0 Å². The van der Waals surface area contributed by atoms with E-state index in [0.717, 1.165) is 6.42 Å². The van der Waals surface area contributed by atoms with Gasteiger partial charge in [-0.05, 0) is 6.42 Å². The van der Waals surface area contributed by atoms with Crippen LogP contribution < -0.4 is 0 Å². The lowest BCUT2D eigenvalue weighted by molar-refractivity contribution is -0.145. The van der Waals surface area contributed by atoms with Crippen molar-refractivity contribution >= 4 is 5.97 Å². The van der Waals surface area contributed by atoms with Gasteiger partial charge in [0.2, 0.25) is 0 Å². The first-order valence-electron chi connectivity index (χ1n) is 7.33. The lowest BCUT2D eigenvalue weighted by atomic mass is 10.3. The summed E-state index contributed by atoms with van der Waals surface area (Å²) >= 11 is 0. The highest BCUT2D eigenvalue weighted by atomic mass is 19.1. The zero-order valence-electron chi connectivity index (χ0n) is 12.8.